The van der Waals surface area contributed by atoms with Gasteiger partial charge in [0.2, 0.25) is 0 Å². The van der Waals surface area contributed by atoms with E-state index in [0.717, 1.165) is 0 Å². The number of furan rings is 2. The Morgan fingerprint density at radius 3 is 2.21 bits per heavy atom. The van der Waals surface area contributed by atoms with Crippen LogP contribution in [0.2, 0.25) is 0 Å². The lowest BCUT2D eigenvalue weighted by Crippen LogP contribution is -2.30. The highest BCUT2D eigenvalue weighted by Crippen LogP contribution is 2.31. The van der Waals surface area contributed by atoms with Crippen LogP contribution in [0.3, 0.4) is 0 Å². The maximum absolute atomic E-state index is 12.7. The third kappa shape index (κ3) is 4.26. The van der Waals surface area contributed by atoms with Crippen molar-refractivity contribution >= 4 is 28.7 Å². The highest BCUT2D eigenvalue weighted by Gasteiger charge is 2.21. The van der Waals surface area contributed by atoms with Crippen molar-refractivity contribution in [1.82, 2.24) is 15.0 Å². The Labute approximate surface area is 193 Å². The van der Waals surface area contributed by atoms with Gasteiger partial charge in [-0.3, -0.25) is 4.79 Å². The average Bonchev–Trinajstić information content (AvgIpc) is 3.58. The first-order chi connectivity index (χ1) is 16.6. The van der Waals surface area contributed by atoms with Gasteiger partial charge in [-0.2, -0.15) is 0 Å². The quantitative estimate of drug-likeness (QED) is 0.366. The van der Waals surface area contributed by atoms with Gasteiger partial charge >= 0.3 is 5.97 Å². The van der Waals surface area contributed by atoms with E-state index < -0.39 is 18.0 Å². The number of pyridine rings is 1. The van der Waals surface area contributed by atoms with Crippen LogP contribution in [0.15, 0.2) is 88.2 Å². The van der Waals surface area contributed by atoms with Crippen LogP contribution in [0.5, 0.6) is 0 Å². The van der Waals surface area contributed by atoms with E-state index in [1.807, 2.05) is 0 Å². The van der Waals surface area contributed by atoms with Gasteiger partial charge in [0.1, 0.15) is 17.2 Å². The van der Waals surface area contributed by atoms with Crippen molar-refractivity contribution < 1.29 is 23.2 Å². The number of aromatic nitrogens is 3. The molecule has 5 aromatic rings. The number of esters is 1. The molecule has 168 valence electrons. The van der Waals surface area contributed by atoms with E-state index in [2.05, 4.69) is 20.3 Å². The molecule has 0 spiro atoms. The van der Waals surface area contributed by atoms with E-state index in [1.54, 1.807) is 73.1 Å². The van der Waals surface area contributed by atoms with E-state index in [0.29, 0.717) is 39.8 Å². The predicted octanol–water partition coefficient (Wildman–Crippen LogP) is 4.73. The minimum absolute atomic E-state index is 0.232. The van der Waals surface area contributed by atoms with Gasteiger partial charge in [0, 0.05) is 6.20 Å². The van der Waals surface area contributed by atoms with Crippen molar-refractivity contribution in [3.63, 3.8) is 0 Å². The second-order valence-electron chi connectivity index (χ2n) is 7.33. The van der Waals surface area contributed by atoms with Gasteiger partial charge in [0.15, 0.2) is 17.6 Å². The van der Waals surface area contributed by atoms with Gasteiger partial charge in [-0.25, -0.2) is 19.7 Å². The first-order valence-electron chi connectivity index (χ1n) is 10.4. The molecule has 1 aromatic carbocycles. The minimum atomic E-state index is -1.03. The lowest BCUT2D eigenvalue weighted by atomic mass is 10.1. The molecule has 0 bridgehead atoms. The van der Waals surface area contributed by atoms with Gasteiger partial charge in [0.25, 0.3) is 5.91 Å². The average molecular weight is 454 g/mol. The van der Waals surface area contributed by atoms with Gasteiger partial charge < -0.3 is 18.9 Å². The summed E-state index contributed by atoms with van der Waals surface area (Å²) in [5.41, 5.74) is 2.24. The lowest BCUT2D eigenvalue weighted by molar-refractivity contribution is -0.123. The molecule has 5 rings (SSSR count). The number of carbonyl (C=O) groups is 2. The summed E-state index contributed by atoms with van der Waals surface area (Å²) in [5, 5.41) is 2.60. The van der Waals surface area contributed by atoms with E-state index in [-0.39, 0.29) is 5.56 Å². The summed E-state index contributed by atoms with van der Waals surface area (Å²) in [7, 11) is 0. The SMILES string of the molecule is CC(OC(=O)c1ccc2nc(-c3ccco3)c(-c3ccco3)nc2c1)C(=O)Nc1ccccn1. The molecule has 1 amide bonds. The molecule has 9 nitrogen and oxygen atoms in total. The molecule has 1 N–H and O–H groups in total. The molecule has 0 aliphatic heterocycles. The Bertz CT molecular complexity index is 1450. The van der Waals surface area contributed by atoms with Crippen LogP contribution in [-0.4, -0.2) is 32.9 Å². The molecule has 0 saturated heterocycles. The van der Waals surface area contributed by atoms with Crippen LogP contribution in [0.4, 0.5) is 5.82 Å². The zero-order valence-electron chi connectivity index (χ0n) is 18.0. The Morgan fingerprint density at radius 2 is 1.59 bits per heavy atom. The molecule has 4 heterocycles. The third-order valence-corrected chi connectivity index (χ3v) is 4.98. The van der Waals surface area contributed by atoms with Crippen molar-refractivity contribution in [3.05, 3.63) is 85.0 Å². The fraction of sp³-hybridized carbons (Fsp3) is 0.0800. The maximum atomic E-state index is 12.7. The largest absolute Gasteiger partial charge is 0.463 e. The van der Waals surface area contributed by atoms with E-state index >= 15 is 0 Å². The van der Waals surface area contributed by atoms with Crippen molar-refractivity contribution in [2.75, 3.05) is 5.32 Å². The zero-order valence-corrected chi connectivity index (χ0v) is 18.0. The van der Waals surface area contributed by atoms with Gasteiger partial charge in [-0.05, 0) is 61.5 Å². The highest BCUT2D eigenvalue weighted by molar-refractivity contribution is 5.98. The van der Waals surface area contributed by atoms with Crippen LogP contribution in [-0.2, 0) is 9.53 Å². The predicted molar refractivity (Wildman–Crippen MR) is 123 cm³/mol. The van der Waals surface area contributed by atoms with Crippen molar-refractivity contribution in [1.29, 1.82) is 0 Å². The number of ether oxygens (including phenoxy) is 1. The first-order valence-corrected chi connectivity index (χ1v) is 10.4. The Hall–Kier alpha value is -4.79. The number of anilines is 1. The zero-order chi connectivity index (χ0) is 23.5. The molecule has 1 unspecified atom stereocenters. The summed E-state index contributed by atoms with van der Waals surface area (Å²) in [6.45, 7) is 1.49. The molecule has 0 radical (unpaired) electrons. The van der Waals surface area contributed by atoms with Crippen LogP contribution in [0.25, 0.3) is 33.9 Å². The van der Waals surface area contributed by atoms with Gasteiger partial charge in [-0.1, -0.05) is 6.07 Å². The minimum Gasteiger partial charge on any atom is -0.463 e. The number of nitrogens with one attached hydrogen (secondary N) is 1. The van der Waals surface area contributed by atoms with Crippen molar-refractivity contribution in [2.24, 2.45) is 0 Å². The summed E-state index contributed by atoms with van der Waals surface area (Å²) < 4.78 is 16.4. The van der Waals surface area contributed by atoms with Crippen molar-refractivity contribution in [3.8, 4) is 22.9 Å². The maximum Gasteiger partial charge on any atom is 0.338 e. The first kappa shape index (κ1) is 21.1. The number of rotatable bonds is 6. The Balaban J connectivity index is 1.41. The monoisotopic (exact) mass is 454 g/mol. The topological polar surface area (TPSA) is 120 Å². The molecular formula is C25H18N4O5. The number of fused-ring (bicyclic) bond motifs is 1. The van der Waals surface area contributed by atoms with E-state index in [9.17, 15) is 9.59 Å². The fourth-order valence-electron chi connectivity index (χ4n) is 3.30. The molecule has 1 atom stereocenters. The smallest absolute Gasteiger partial charge is 0.338 e. The van der Waals surface area contributed by atoms with Crippen LogP contribution in [0, 0.1) is 0 Å². The second kappa shape index (κ2) is 8.99. The molecule has 0 saturated carbocycles. The normalized spacial score (nSPS) is 11.8. The van der Waals surface area contributed by atoms with E-state index in [1.165, 1.54) is 13.2 Å². The third-order valence-electron chi connectivity index (χ3n) is 4.98. The number of carbonyl (C=O) groups excluding carboxylic acids is 2. The molecular weight excluding hydrogens is 436 g/mol. The highest BCUT2D eigenvalue weighted by atomic mass is 16.5. The molecule has 4 aromatic heterocycles. The van der Waals surface area contributed by atoms with Crippen LogP contribution in [0.1, 0.15) is 17.3 Å². The summed E-state index contributed by atoms with van der Waals surface area (Å²) in [4.78, 5) is 38.4. The molecule has 0 aliphatic rings. The van der Waals surface area contributed by atoms with E-state index in [4.69, 9.17) is 13.6 Å². The molecule has 34 heavy (non-hydrogen) atoms. The Morgan fingerprint density at radius 1 is 0.882 bits per heavy atom. The summed E-state index contributed by atoms with van der Waals surface area (Å²) in [5.74, 6) is 0.262. The number of benzene rings is 1. The molecule has 9 heteroatoms. The Kier molecular flexibility index (Phi) is 5.57. The fourth-order valence-corrected chi connectivity index (χ4v) is 3.30. The summed E-state index contributed by atoms with van der Waals surface area (Å²) in [6, 6.07) is 17.0. The number of amides is 1. The van der Waals surface area contributed by atoms with Gasteiger partial charge in [-0.15, -0.1) is 0 Å². The van der Waals surface area contributed by atoms with Crippen molar-refractivity contribution in [2.45, 2.75) is 13.0 Å². The number of nitrogens with zero attached hydrogens (tertiary/aromatic N) is 3. The standard InChI is InChI=1S/C25H18N4O5/c1-15(24(30)29-21-8-2-3-11-26-21)34-25(31)16-9-10-17-18(14-16)28-23(20-7-5-13-33-20)22(27-17)19-6-4-12-32-19/h2-15H,1H3,(H,26,29,30). The summed E-state index contributed by atoms with van der Waals surface area (Å²) in [6.07, 6.45) is 3.61. The number of hydrogen-bond acceptors (Lipinski definition) is 8. The molecule has 0 fully saturated rings. The lowest BCUT2D eigenvalue weighted by Gasteiger charge is -2.13. The summed E-state index contributed by atoms with van der Waals surface area (Å²) >= 11 is 0. The van der Waals surface area contributed by atoms with Crippen LogP contribution < -0.4 is 5.32 Å². The second-order valence-corrected chi connectivity index (χ2v) is 7.33. The number of hydrogen-bond donors (Lipinski definition) is 1. The molecule has 0 aliphatic carbocycles. The van der Waals surface area contributed by atoms with Crippen LogP contribution >= 0.6 is 0 Å². The van der Waals surface area contributed by atoms with Gasteiger partial charge in [0.05, 0.1) is 29.1 Å².